The third kappa shape index (κ3) is 3.43. The van der Waals surface area contributed by atoms with Gasteiger partial charge >= 0.3 is 0 Å². The van der Waals surface area contributed by atoms with Crippen molar-refractivity contribution in [2.45, 2.75) is 13.0 Å². The van der Waals surface area contributed by atoms with Gasteiger partial charge in [-0.15, -0.1) is 0 Å². The van der Waals surface area contributed by atoms with Crippen molar-refractivity contribution in [1.82, 2.24) is 10.2 Å². The molecule has 0 fully saturated rings. The van der Waals surface area contributed by atoms with Gasteiger partial charge in [-0.05, 0) is 17.5 Å². The number of hydrogen-bond donors (Lipinski definition) is 1. The predicted octanol–water partition coefficient (Wildman–Crippen LogP) is 1.11. The highest BCUT2D eigenvalue weighted by Gasteiger charge is 2.15. The summed E-state index contributed by atoms with van der Waals surface area (Å²) in [7, 11) is 0. The molecule has 0 unspecified atom stereocenters. The SMILES string of the molecule is O=C(NCCN1CCc2ccccc2C1)c1cc[n+]([O-])cc1. The Balaban J connectivity index is 1.48. The summed E-state index contributed by atoms with van der Waals surface area (Å²) in [6.45, 7) is 3.39. The first-order chi connectivity index (χ1) is 10.7. The summed E-state index contributed by atoms with van der Waals surface area (Å²) in [4.78, 5) is 14.3. The lowest BCUT2D eigenvalue weighted by molar-refractivity contribution is -0.605. The number of aromatic nitrogens is 1. The number of nitrogens with one attached hydrogen (secondary N) is 1. The molecule has 3 rings (SSSR count). The molecular formula is C17H19N3O2. The Morgan fingerprint density at radius 2 is 1.91 bits per heavy atom. The van der Waals surface area contributed by atoms with E-state index in [1.807, 2.05) is 0 Å². The molecule has 0 aliphatic carbocycles. The first-order valence-electron chi connectivity index (χ1n) is 7.48. The summed E-state index contributed by atoms with van der Waals surface area (Å²) in [5.41, 5.74) is 3.32. The standard InChI is InChI=1S/C17H19N3O2/c21-17(15-6-10-20(22)11-7-15)18-8-12-19-9-5-14-3-1-2-4-16(14)13-19/h1-4,6-7,10-11H,5,8-9,12-13H2,(H,18,21). The molecule has 1 aliphatic rings. The number of hydrogen-bond acceptors (Lipinski definition) is 3. The van der Waals surface area contributed by atoms with Crippen LogP contribution in [0.1, 0.15) is 21.5 Å². The minimum Gasteiger partial charge on any atom is -0.619 e. The van der Waals surface area contributed by atoms with Gasteiger partial charge < -0.3 is 10.5 Å². The van der Waals surface area contributed by atoms with Crippen LogP contribution in [0.5, 0.6) is 0 Å². The molecule has 0 saturated carbocycles. The number of carbonyl (C=O) groups is 1. The predicted molar refractivity (Wildman–Crippen MR) is 83.2 cm³/mol. The van der Waals surface area contributed by atoms with E-state index in [1.54, 1.807) is 0 Å². The van der Waals surface area contributed by atoms with Crippen molar-refractivity contribution >= 4 is 5.91 Å². The number of pyridine rings is 1. The Labute approximate surface area is 129 Å². The van der Waals surface area contributed by atoms with Crippen LogP contribution >= 0.6 is 0 Å². The van der Waals surface area contributed by atoms with E-state index in [0.29, 0.717) is 16.8 Å². The van der Waals surface area contributed by atoms with E-state index in [0.717, 1.165) is 26.1 Å². The van der Waals surface area contributed by atoms with Crippen molar-refractivity contribution in [2.75, 3.05) is 19.6 Å². The third-order valence-corrected chi connectivity index (χ3v) is 3.99. The number of fused-ring (bicyclic) bond motifs is 1. The number of nitrogens with zero attached hydrogens (tertiary/aromatic N) is 2. The van der Waals surface area contributed by atoms with Gasteiger partial charge in [0, 0.05) is 38.3 Å². The first kappa shape index (κ1) is 14.5. The molecule has 1 amide bonds. The minimum atomic E-state index is -0.141. The van der Waals surface area contributed by atoms with Gasteiger partial charge in [0.1, 0.15) is 0 Å². The van der Waals surface area contributed by atoms with Crippen LogP contribution in [0, 0.1) is 5.21 Å². The summed E-state index contributed by atoms with van der Waals surface area (Å²) < 4.78 is 0.669. The molecule has 114 valence electrons. The Kier molecular flexibility index (Phi) is 4.34. The highest BCUT2D eigenvalue weighted by molar-refractivity contribution is 5.93. The van der Waals surface area contributed by atoms with Crippen molar-refractivity contribution in [2.24, 2.45) is 0 Å². The van der Waals surface area contributed by atoms with E-state index in [4.69, 9.17) is 0 Å². The smallest absolute Gasteiger partial charge is 0.251 e. The second kappa shape index (κ2) is 6.58. The molecule has 5 nitrogen and oxygen atoms in total. The van der Waals surface area contributed by atoms with Gasteiger partial charge in [-0.1, -0.05) is 24.3 Å². The first-order valence-corrected chi connectivity index (χ1v) is 7.48. The molecule has 2 aromatic rings. The van der Waals surface area contributed by atoms with Crippen LogP contribution in [0.15, 0.2) is 48.8 Å². The quantitative estimate of drug-likeness (QED) is 0.679. The fourth-order valence-electron chi connectivity index (χ4n) is 2.74. The minimum absolute atomic E-state index is 0.141. The summed E-state index contributed by atoms with van der Waals surface area (Å²) >= 11 is 0. The molecule has 2 heterocycles. The van der Waals surface area contributed by atoms with E-state index >= 15 is 0 Å². The third-order valence-electron chi connectivity index (χ3n) is 3.99. The largest absolute Gasteiger partial charge is 0.619 e. The molecule has 0 bridgehead atoms. The molecule has 5 heteroatoms. The maximum Gasteiger partial charge on any atom is 0.251 e. The van der Waals surface area contributed by atoms with Gasteiger partial charge in [0.25, 0.3) is 5.91 Å². The fourth-order valence-corrected chi connectivity index (χ4v) is 2.74. The van der Waals surface area contributed by atoms with Crippen molar-refractivity contribution in [3.05, 3.63) is 70.7 Å². The molecule has 0 spiro atoms. The van der Waals surface area contributed by atoms with E-state index in [9.17, 15) is 10.0 Å². The van der Waals surface area contributed by atoms with Crippen molar-refractivity contribution in [1.29, 1.82) is 0 Å². The maximum absolute atomic E-state index is 12.0. The van der Waals surface area contributed by atoms with Crippen molar-refractivity contribution < 1.29 is 9.52 Å². The van der Waals surface area contributed by atoms with Crippen LogP contribution in [0.4, 0.5) is 0 Å². The molecule has 1 N–H and O–H groups in total. The second-order valence-electron chi connectivity index (χ2n) is 5.50. The summed E-state index contributed by atoms with van der Waals surface area (Å²) in [6, 6.07) is 11.6. The molecule has 0 atom stereocenters. The zero-order valence-corrected chi connectivity index (χ0v) is 12.4. The molecule has 1 aromatic heterocycles. The van der Waals surface area contributed by atoms with Crippen LogP contribution in [0.2, 0.25) is 0 Å². The molecule has 1 aliphatic heterocycles. The van der Waals surface area contributed by atoms with E-state index < -0.39 is 0 Å². The lowest BCUT2D eigenvalue weighted by atomic mass is 10.00. The van der Waals surface area contributed by atoms with E-state index in [1.165, 1.54) is 35.7 Å². The number of benzene rings is 1. The monoisotopic (exact) mass is 297 g/mol. The van der Waals surface area contributed by atoms with Crippen LogP contribution in [0.25, 0.3) is 0 Å². The van der Waals surface area contributed by atoms with Crippen LogP contribution in [0.3, 0.4) is 0 Å². The van der Waals surface area contributed by atoms with Crippen LogP contribution in [-0.4, -0.2) is 30.4 Å². The van der Waals surface area contributed by atoms with Gasteiger partial charge in [0.2, 0.25) is 0 Å². The second-order valence-corrected chi connectivity index (χ2v) is 5.50. The number of carbonyl (C=O) groups excluding carboxylic acids is 1. The average Bonchev–Trinajstić information content (AvgIpc) is 2.55. The van der Waals surface area contributed by atoms with Crippen molar-refractivity contribution in [3.8, 4) is 0 Å². The number of rotatable bonds is 4. The molecule has 0 saturated heterocycles. The van der Waals surface area contributed by atoms with Gasteiger partial charge in [-0.25, -0.2) is 0 Å². The molecule has 1 aromatic carbocycles. The van der Waals surface area contributed by atoms with E-state index in [2.05, 4.69) is 34.5 Å². The molecular weight excluding hydrogens is 278 g/mol. The normalized spacial score (nSPS) is 14.4. The van der Waals surface area contributed by atoms with Gasteiger partial charge in [-0.2, -0.15) is 4.73 Å². The number of amides is 1. The highest BCUT2D eigenvalue weighted by Crippen LogP contribution is 2.17. The van der Waals surface area contributed by atoms with E-state index in [-0.39, 0.29) is 5.91 Å². The Hall–Kier alpha value is -2.40. The Bertz CT molecular complexity index is 655. The fraction of sp³-hybridized carbons (Fsp3) is 0.294. The highest BCUT2D eigenvalue weighted by atomic mass is 16.5. The molecule has 0 radical (unpaired) electrons. The van der Waals surface area contributed by atoms with Crippen LogP contribution in [-0.2, 0) is 13.0 Å². The maximum atomic E-state index is 12.0. The summed E-state index contributed by atoms with van der Waals surface area (Å²) in [5, 5.41) is 13.8. The van der Waals surface area contributed by atoms with Gasteiger partial charge in [0.15, 0.2) is 12.4 Å². The summed E-state index contributed by atoms with van der Waals surface area (Å²) in [6.07, 6.45) is 3.72. The average molecular weight is 297 g/mol. The zero-order chi connectivity index (χ0) is 15.4. The van der Waals surface area contributed by atoms with Gasteiger partial charge in [0.05, 0.1) is 5.56 Å². The van der Waals surface area contributed by atoms with Crippen LogP contribution < -0.4 is 10.0 Å². The molecule has 22 heavy (non-hydrogen) atoms. The zero-order valence-electron chi connectivity index (χ0n) is 12.4. The topological polar surface area (TPSA) is 59.3 Å². The van der Waals surface area contributed by atoms with Crippen molar-refractivity contribution in [3.63, 3.8) is 0 Å². The lowest BCUT2D eigenvalue weighted by Crippen LogP contribution is -2.38. The lowest BCUT2D eigenvalue weighted by Gasteiger charge is -2.28. The van der Waals surface area contributed by atoms with Gasteiger partial charge in [-0.3, -0.25) is 9.69 Å². The Morgan fingerprint density at radius 3 is 2.68 bits per heavy atom. The Morgan fingerprint density at radius 1 is 1.18 bits per heavy atom. The summed E-state index contributed by atoms with van der Waals surface area (Å²) in [5.74, 6) is -0.141.